The molecule has 8 nitrogen and oxygen atoms in total. The minimum absolute atomic E-state index is 0.119. The van der Waals surface area contributed by atoms with Crippen molar-refractivity contribution in [3.8, 4) is 0 Å². The van der Waals surface area contributed by atoms with Gasteiger partial charge >= 0.3 is 12.2 Å². The SMILES string of the molecule is Cc1ccc(C2=NN(C(=O)N[C@H](C)c3ccc(C(F)(F)F)nc3)CC2N(C)C(=O)CN(C)C)cc1. The fraction of sp³-hybridized carbons (Fsp3) is 0.417. The summed E-state index contributed by atoms with van der Waals surface area (Å²) in [5.41, 5.74) is 1.86. The van der Waals surface area contributed by atoms with Gasteiger partial charge in [-0.25, -0.2) is 9.80 Å². The molecule has 1 unspecified atom stereocenters. The van der Waals surface area contributed by atoms with Crippen LogP contribution in [0.3, 0.4) is 0 Å². The molecule has 2 heterocycles. The van der Waals surface area contributed by atoms with E-state index in [1.165, 1.54) is 11.1 Å². The number of amides is 3. The number of urea groups is 1. The zero-order valence-electron chi connectivity index (χ0n) is 20.3. The van der Waals surface area contributed by atoms with Gasteiger partial charge in [0.05, 0.1) is 30.9 Å². The summed E-state index contributed by atoms with van der Waals surface area (Å²) in [5.74, 6) is -0.119. The Morgan fingerprint density at radius 3 is 2.34 bits per heavy atom. The van der Waals surface area contributed by atoms with Gasteiger partial charge in [0.1, 0.15) is 5.69 Å². The highest BCUT2D eigenvalue weighted by molar-refractivity contribution is 6.08. The van der Waals surface area contributed by atoms with Crippen LogP contribution in [0, 0.1) is 6.92 Å². The Morgan fingerprint density at radius 1 is 1.14 bits per heavy atom. The van der Waals surface area contributed by atoms with Crippen LogP contribution < -0.4 is 5.32 Å². The van der Waals surface area contributed by atoms with E-state index in [0.717, 1.165) is 23.4 Å². The molecule has 1 aliphatic heterocycles. The Balaban J connectivity index is 1.79. The predicted molar refractivity (Wildman–Crippen MR) is 126 cm³/mol. The smallest absolute Gasteiger partial charge is 0.334 e. The number of hydrogen-bond acceptors (Lipinski definition) is 5. The molecule has 1 aliphatic rings. The van der Waals surface area contributed by atoms with E-state index in [9.17, 15) is 22.8 Å². The van der Waals surface area contributed by atoms with Crippen LogP contribution in [0.4, 0.5) is 18.0 Å². The topological polar surface area (TPSA) is 81.1 Å². The van der Waals surface area contributed by atoms with Gasteiger partial charge in [0.25, 0.3) is 0 Å². The van der Waals surface area contributed by atoms with Gasteiger partial charge in [0, 0.05) is 13.2 Å². The first kappa shape index (κ1) is 26.1. The van der Waals surface area contributed by atoms with Crippen LogP contribution in [0.1, 0.15) is 35.3 Å². The number of alkyl halides is 3. The molecule has 3 rings (SSSR count). The molecule has 0 saturated carbocycles. The number of nitrogens with zero attached hydrogens (tertiary/aromatic N) is 5. The number of nitrogens with one attached hydrogen (secondary N) is 1. The van der Waals surface area contributed by atoms with Gasteiger partial charge in [0.15, 0.2) is 0 Å². The summed E-state index contributed by atoms with van der Waals surface area (Å²) in [6, 6.07) is 8.20. The number of rotatable bonds is 6. The van der Waals surface area contributed by atoms with Gasteiger partial charge in [-0.05, 0) is 45.1 Å². The summed E-state index contributed by atoms with van der Waals surface area (Å²) in [5, 5.41) is 8.50. The Bertz CT molecular complexity index is 1080. The van der Waals surface area contributed by atoms with E-state index in [4.69, 9.17) is 0 Å². The number of hydrazone groups is 1. The molecular formula is C24H29F3N6O2. The molecule has 1 aromatic heterocycles. The first-order valence-electron chi connectivity index (χ1n) is 11.0. The lowest BCUT2D eigenvalue weighted by atomic mass is 10.0. The largest absolute Gasteiger partial charge is 0.433 e. The average Bonchev–Trinajstić information content (AvgIpc) is 3.23. The second-order valence-corrected chi connectivity index (χ2v) is 8.84. The van der Waals surface area contributed by atoms with Crippen molar-refractivity contribution in [3.05, 3.63) is 65.0 Å². The van der Waals surface area contributed by atoms with Gasteiger partial charge in [-0.15, -0.1) is 0 Å². The summed E-state index contributed by atoms with van der Waals surface area (Å²) in [4.78, 5) is 32.5. The molecule has 35 heavy (non-hydrogen) atoms. The van der Waals surface area contributed by atoms with E-state index in [0.29, 0.717) is 11.3 Å². The zero-order valence-corrected chi connectivity index (χ0v) is 20.3. The Labute approximate surface area is 202 Å². The van der Waals surface area contributed by atoms with Crippen LogP contribution in [-0.4, -0.2) is 77.7 Å². The predicted octanol–water partition coefficient (Wildman–Crippen LogP) is 3.29. The standard InChI is InChI=1S/C24H29F3N6O2/c1-15-6-8-17(9-7-15)22-19(32(5)21(34)14-31(3)4)13-33(30-22)23(35)29-16(2)18-10-11-20(28-12-18)24(25,26)27/h6-12,16,19H,13-14H2,1-5H3,(H,29,35)/t16-,19?/m1/s1. The third-order valence-electron chi connectivity index (χ3n) is 5.70. The number of aromatic nitrogens is 1. The third-order valence-corrected chi connectivity index (χ3v) is 5.70. The summed E-state index contributed by atoms with van der Waals surface area (Å²) >= 11 is 0. The molecule has 2 aromatic rings. The van der Waals surface area contributed by atoms with Crippen LogP contribution in [-0.2, 0) is 11.0 Å². The van der Waals surface area contributed by atoms with Crippen molar-refractivity contribution in [2.45, 2.75) is 32.1 Å². The molecule has 1 N–H and O–H groups in total. The number of hydrogen-bond donors (Lipinski definition) is 1. The monoisotopic (exact) mass is 490 g/mol. The van der Waals surface area contributed by atoms with Gasteiger partial charge in [-0.2, -0.15) is 18.3 Å². The first-order chi connectivity index (χ1) is 16.4. The number of aryl methyl sites for hydroxylation is 1. The number of pyridine rings is 1. The quantitative estimate of drug-likeness (QED) is 0.674. The first-order valence-corrected chi connectivity index (χ1v) is 11.0. The van der Waals surface area contributed by atoms with Gasteiger partial charge < -0.3 is 15.1 Å². The van der Waals surface area contributed by atoms with Crippen LogP contribution in [0.2, 0.25) is 0 Å². The summed E-state index contributed by atoms with van der Waals surface area (Å²) in [6.07, 6.45) is -3.44. The fourth-order valence-electron chi connectivity index (χ4n) is 3.62. The maximum Gasteiger partial charge on any atom is 0.433 e. The van der Waals surface area contributed by atoms with E-state index in [-0.39, 0.29) is 19.0 Å². The van der Waals surface area contributed by atoms with Crippen LogP contribution in [0.25, 0.3) is 0 Å². The lowest BCUT2D eigenvalue weighted by Crippen LogP contribution is -2.48. The summed E-state index contributed by atoms with van der Waals surface area (Å²) in [7, 11) is 5.28. The van der Waals surface area contributed by atoms with Crippen LogP contribution >= 0.6 is 0 Å². The number of halogens is 3. The number of benzene rings is 1. The van der Waals surface area contributed by atoms with E-state index >= 15 is 0 Å². The molecule has 0 radical (unpaired) electrons. The van der Waals surface area contributed by atoms with Crippen LogP contribution in [0.5, 0.6) is 0 Å². The highest BCUT2D eigenvalue weighted by atomic mass is 19.4. The second-order valence-electron chi connectivity index (χ2n) is 8.84. The van der Waals surface area contributed by atoms with Crippen molar-refractivity contribution in [3.63, 3.8) is 0 Å². The van der Waals surface area contributed by atoms with Crippen molar-refractivity contribution in [1.29, 1.82) is 0 Å². The molecule has 188 valence electrons. The molecule has 0 saturated heterocycles. The number of likely N-dealkylation sites (N-methyl/N-ethyl adjacent to an activating group) is 2. The van der Waals surface area contributed by atoms with Gasteiger partial charge in [0.2, 0.25) is 5.91 Å². The van der Waals surface area contributed by atoms with E-state index in [1.54, 1.807) is 37.9 Å². The molecule has 1 aromatic carbocycles. The van der Waals surface area contributed by atoms with Crippen molar-refractivity contribution in [2.75, 3.05) is 34.2 Å². The van der Waals surface area contributed by atoms with Crippen molar-refractivity contribution < 1.29 is 22.8 Å². The normalized spacial score (nSPS) is 16.8. The highest BCUT2D eigenvalue weighted by Gasteiger charge is 2.36. The molecule has 0 bridgehead atoms. The minimum Gasteiger partial charge on any atom is -0.334 e. The molecule has 0 aliphatic carbocycles. The van der Waals surface area contributed by atoms with Gasteiger partial charge in [-0.3, -0.25) is 9.78 Å². The minimum atomic E-state index is -4.54. The van der Waals surface area contributed by atoms with Crippen molar-refractivity contribution in [2.24, 2.45) is 5.10 Å². The zero-order chi connectivity index (χ0) is 25.9. The number of carbonyl (C=O) groups is 2. The molecule has 0 fully saturated rings. The van der Waals surface area contributed by atoms with E-state index < -0.39 is 30.0 Å². The Morgan fingerprint density at radius 2 is 1.80 bits per heavy atom. The lowest BCUT2D eigenvalue weighted by molar-refractivity contribution is -0.141. The Hall–Kier alpha value is -3.47. The van der Waals surface area contributed by atoms with Crippen molar-refractivity contribution in [1.82, 2.24) is 25.1 Å². The van der Waals surface area contributed by atoms with E-state index in [1.807, 2.05) is 31.2 Å². The maximum atomic E-state index is 13.0. The second kappa shape index (κ2) is 10.4. The Kier molecular flexibility index (Phi) is 7.79. The third kappa shape index (κ3) is 6.36. The van der Waals surface area contributed by atoms with E-state index in [2.05, 4.69) is 15.4 Å². The van der Waals surface area contributed by atoms with Crippen LogP contribution in [0.15, 0.2) is 47.7 Å². The average molecular weight is 491 g/mol. The highest BCUT2D eigenvalue weighted by Crippen LogP contribution is 2.28. The summed E-state index contributed by atoms with van der Waals surface area (Å²) in [6.45, 7) is 3.95. The van der Waals surface area contributed by atoms with Gasteiger partial charge in [-0.1, -0.05) is 35.9 Å². The molecule has 3 amide bonds. The maximum absolute atomic E-state index is 13.0. The van der Waals surface area contributed by atoms with Crippen molar-refractivity contribution >= 4 is 17.6 Å². The molecular weight excluding hydrogens is 461 g/mol. The molecule has 0 spiro atoms. The fourth-order valence-corrected chi connectivity index (χ4v) is 3.62. The summed E-state index contributed by atoms with van der Waals surface area (Å²) < 4.78 is 38.3. The number of carbonyl (C=O) groups excluding carboxylic acids is 2. The lowest BCUT2D eigenvalue weighted by Gasteiger charge is -2.27. The molecule has 11 heteroatoms. The molecule has 2 atom stereocenters.